The first-order valence-electron chi connectivity index (χ1n) is 10.3. The van der Waals surface area contributed by atoms with Crippen LogP contribution in [0.5, 0.6) is 0 Å². The van der Waals surface area contributed by atoms with Crippen LogP contribution in [-0.4, -0.2) is 44.9 Å². The Balaban J connectivity index is 1.71. The van der Waals surface area contributed by atoms with Crippen LogP contribution < -0.4 is 5.32 Å². The fourth-order valence-electron chi connectivity index (χ4n) is 3.44. The Labute approximate surface area is 173 Å². The first-order chi connectivity index (χ1) is 13.8. The van der Waals surface area contributed by atoms with E-state index in [4.69, 9.17) is 0 Å². The maximum absolute atomic E-state index is 13.2. The smallest absolute Gasteiger partial charge is 0.322 e. The van der Waals surface area contributed by atoms with Crippen LogP contribution in [0, 0.1) is 13.8 Å². The van der Waals surface area contributed by atoms with Crippen molar-refractivity contribution in [2.24, 2.45) is 7.05 Å². The molecule has 6 heteroatoms. The zero-order valence-corrected chi connectivity index (χ0v) is 18.1. The molecule has 1 aliphatic carbocycles. The third kappa shape index (κ3) is 5.00. The van der Waals surface area contributed by atoms with Crippen LogP contribution in [0.1, 0.15) is 43.5 Å². The summed E-state index contributed by atoms with van der Waals surface area (Å²) in [6.45, 7) is 8.55. The van der Waals surface area contributed by atoms with Crippen molar-refractivity contribution in [3.63, 3.8) is 0 Å². The SMILES string of the molecule is Cc1cccc(NC(=O)N(CC(=O)N(Cc2cccn2C)C2CC2)C(C)C)c1C. The van der Waals surface area contributed by atoms with E-state index in [-0.39, 0.29) is 30.6 Å². The predicted octanol–water partition coefficient (Wildman–Crippen LogP) is 4.08. The molecule has 0 aliphatic heterocycles. The van der Waals surface area contributed by atoms with Crippen molar-refractivity contribution in [2.45, 2.75) is 59.2 Å². The average Bonchev–Trinajstić information content (AvgIpc) is 3.43. The molecule has 156 valence electrons. The number of carbonyl (C=O) groups is 2. The van der Waals surface area contributed by atoms with E-state index in [1.54, 1.807) is 4.90 Å². The number of carbonyl (C=O) groups excluding carboxylic acids is 2. The van der Waals surface area contributed by atoms with Crippen molar-refractivity contribution in [1.82, 2.24) is 14.4 Å². The van der Waals surface area contributed by atoms with Crippen molar-refractivity contribution in [1.29, 1.82) is 0 Å². The highest BCUT2D eigenvalue weighted by molar-refractivity contribution is 5.93. The van der Waals surface area contributed by atoms with E-state index < -0.39 is 0 Å². The molecule has 0 spiro atoms. The molecule has 1 aromatic carbocycles. The third-order valence-electron chi connectivity index (χ3n) is 5.73. The lowest BCUT2D eigenvalue weighted by Gasteiger charge is -2.30. The fourth-order valence-corrected chi connectivity index (χ4v) is 3.44. The number of benzene rings is 1. The maximum atomic E-state index is 13.2. The quantitative estimate of drug-likeness (QED) is 0.767. The first-order valence-corrected chi connectivity index (χ1v) is 10.3. The minimum absolute atomic E-state index is 0.00138. The molecular formula is C23H32N4O2. The zero-order valence-electron chi connectivity index (χ0n) is 18.1. The maximum Gasteiger partial charge on any atom is 0.322 e. The predicted molar refractivity (Wildman–Crippen MR) is 116 cm³/mol. The van der Waals surface area contributed by atoms with E-state index in [9.17, 15) is 9.59 Å². The minimum atomic E-state index is -0.239. The molecule has 1 saturated carbocycles. The number of aromatic nitrogens is 1. The van der Waals surface area contributed by atoms with Gasteiger partial charge in [0.05, 0.1) is 6.54 Å². The number of rotatable bonds is 7. The molecule has 3 amide bonds. The van der Waals surface area contributed by atoms with E-state index in [2.05, 4.69) is 5.32 Å². The molecule has 1 aliphatic rings. The summed E-state index contributed by atoms with van der Waals surface area (Å²) >= 11 is 0. The number of nitrogens with one attached hydrogen (secondary N) is 1. The summed E-state index contributed by atoms with van der Waals surface area (Å²) < 4.78 is 2.04. The van der Waals surface area contributed by atoms with E-state index in [1.807, 2.05) is 80.7 Å². The Hall–Kier alpha value is -2.76. The normalized spacial score (nSPS) is 13.4. The second-order valence-electron chi connectivity index (χ2n) is 8.26. The molecule has 2 aromatic rings. The van der Waals surface area contributed by atoms with E-state index in [0.717, 1.165) is 35.3 Å². The second-order valence-corrected chi connectivity index (χ2v) is 8.26. The molecule has 1 N–H and O–H groups in total. The van der Waals surface area contributed by atoms with Gasteiger partial charge in [0.1, 0.15) is 6.54 Å². The highest BCUT2D eigenvalue weighted by Crippen LogP contribution is 2.29. The van der Waals surface area contributed by atoms with Gasteiger partial charge in [0, 0.05) is 36.7 Å². The number of hydrogen-bond donors (Lipinski definition) is 1. The van der Waals surface area contributed by atoms with Crippen molar-refractivity contribution in [2.75, 3.05) is 11.9 Å². The number of anilines is 1. The Kier molecular flexibility index (Phi) is 6.30. The Morgan fingerprint density at radius 1 is 1.17 bits per heavy atom. The van der Waals surface area contributed by atoms with Crippen LogP contribution in [0.3, 0.4) is 0 Å². The molecule has 0 saturated heterocycles. The van der Waals surface area contributed by atoms with E-state index in [0.29, 0.717) is 6.54 Å². The zero-order chi connectivity index (χ0) is 21.1. The van der Waals surface area contributed by atoms with Crippen molar-refractivity contribution < 1.29 is 9.59 Å². The van der Waals surface area contributed by atoms with Crippen LogP contribution in [0.25, 0.3) is 0 Å². The van der Waals surface area contributed by atoms with Crippen molar-refractivity contribution in [3.05, 3.63) is 53.3 Å². The van der Waals surface area contributed by atoms with Gasteiger partial charge in [0.25, 0.3) is 0 Å². The standard InChI is InChI=1S/C23H32N4O2/c1-16(2)26(23(29)24-21-10-6-8-17(3)18(21)4)15-22(28)27(19-11-12-19)14-20-9-7-13-25(20)5/h6-10,13,16,19H,11-12,14-15H2,1-5H3,(H,24,29). The summed E-state index contributed by atoms with van der Waals surface area (Å²) in [5.74, 6) is -0.00138. The summed E-state index contributed by atoms with van der Waals surface area (Å²) in [5.41, 5.74) is 4.05. The highest BCUT2D eigenvalue weighted by Gasteiger charge is 2.34. The first kappa shape index (κ1) is 21.0. The van der Waals surface area contributed by atoms with Gasteiger partial charge in [0.2, 0.25) is 5.91 Å². The molecule has 1 fully saturated rings. The van der Waals surface area contributed by atoms with Crippen LogP contribution in [0.4, 0.5) is 10.5 Å². The number of aryl methyl sites for hydroxylation is 2. The largest absolute Gasteiger partial charge is 0.353 e. The molecule has 0 atom stereocenters. The topological polar surface area (TPSA) is 57.6 Å². The molecule has 0 bridgehead atoms. The van der Waals surface area contributed by atoms with Gasteiger partial charge in [0.15, 0.2) is 0 Å². The van der Waals surface area contributed by atoms with Gasteiger partial charge in [-0.25, -0.2) is 4.79 Å². The lowest BCUT2D eigenvalue weighted by Crippen LogP contribution is -2.48. The Morgan fingerprint density at radius 2 is 1.90 bits per heavy atom. The molecule has 3 rings (SSSR count). The van der Waals surface area contributed by atoms with Gasteiger partial charge in [-0.2, -0.15) is 0 Å². The van der Waals surface area contributed by atoms with E-state index in [1.165, 1.54) is 0 Å². The van der Waals surface area contributed by atoms with Gasteiger partial charge < -0.3 is 19.7 Å². The Bertz CT molecular complexity index is 883. The number of urea groups is 1. The second kappa shape index (κ2) is 8.72. The molecule has 0 unspecified atom stereocenters. The molecule has 0 radical (unpaired) electrons. The third-order valence-corrected chi connectivity index (χ3v) is 5.73. The monoisotopic (exact) mass is 396 g/mol. The molecule has 1 aromatic heterocycles. The summed E-state index contributed by atoms with van der Waals surface area (Å²) in [4.78, 5) is 29.7. The van der Waals surface area contributed by atoms with Gasteiger partial charge >= 0.3 is 6.03 Å². The van der Waals surface area contributed by atoms with Crippen LogP contribution in [0.2, 0.25) is 0 Å². The number of amides is 3. The lowest BCUT2D eigenvalue weighted by molar-refractivity contribution is -0.133. The summed E-state index contributed by atoms with van der Waals surface area (Å²) in [5, 5.41) is 2.99. The van der Waals surface area contributed by atoms with Crippen molar-refractivity contribution >= 4 is 17.6 Å². The van der Waals surface area contributed by atoms with Crippen LogP contribution in [0.15, 0.2) is 36.5 Å². The average molecular weight is 397 g/mol. The molecule has 29 heavy (non-hydrogen) atoms. The summed E-state index contributed by atoms with van der Waals surface area (Å²) in [6, 6.07) is 9.83. The number of nitrogens with zero attached hydrogens (tertiary/aromatic N) is 3. The number of hydrogen-bond acceptors (Lipinski definition) is 2. The summed E-state index contributed by atoms with van der Waals surface area (Å²) in [7, 11) is 1.99. The van der Waals surface area contributed by atoms with Gasteiger partial charge in [-0.05, 0) is 69.9 Å². The van der Waals surface area contributed by atoms with Gasteiger partial charge in [-0.3, -0.25) is 4.79 Å². The minimum Gasteiger partial charge on any atom is -0.353 e. The summed E-state index contributed by atoms with van der Waals surface area (Å²) in [6.07, 6.45) is 4.06. The fraction of sp³-hybridized carbons (Fsp3) is 0.478. The highest BCUT2D eigenvalue weighted by atomic mass is 16.2. The van der Waals surface area contributed by atoms with Crippen molar-refractivity contribution in [3.8, 4) is 0 Å². The van der Waals surface area contributed by atoms with Gasteiger partial charge in [-0.15, -0.1) is 0 Å². The Morgan fingerprint density at radius 3 is 2.48 bits per heavy atom. The van der Waals surface area contributed by atoms with Gasteiger partial charge in [-0.1, -0.05) is 12.1 Å². The van der Waals surface area contributed by atoms with Crippen LogP contribution >= 0.6 is 0 Å². The lowest BCUT2D eigenvalue weighted by atomic mass is 10.1. The molecular weight excluding hydrogens is 364 g/mol. The van der Waals surface area contributed by atoms with E-state index >= 15 is 0 Å². The van der Waals surface area contributed by atoms with Crippen LogP contribution in [-0.2, 0) is 18.4 Å². The molecule has 1 heterocycles. The molecule has 6 nitrogen and oxygen atoms in total.